The summed E-state index contributed by atoms with van der Waals surface area (Å²) in [6, 6.07) is 1.72. The van der Waals surface area contributed by atoms with Gasteiger partial charge >= 0.3 is 0 Å². The molecule has 0 N–H and O–H groups in total. The SMILES string of the molecule is O=C1BCCC1=O.c1cnnnc1. The number of nitrogens with zero attached hydrogens (tertiary/aromatic N) is 3. The molecule has 6 heteroatoms. The molecule has 66 valence electrons. The van der Waals surface area contributed by atoms with Crippen molar-refractivity contribution >= 4 is 18.7 Å². The molecule has 0 spiro atoms. The molecule has 1 saturated heterocycles. The number of rotatable bonds is 0. The monoisotopic (exact) mass is 177 g/mol. The second-order valence-corrected chi connectivity index (χ2v) is 2.51. The van der Waals surface area contributed by atoms with Gasteiger partial charge in [-0.2, -0.15) is 0 Å². The van der Waals surface area contributed by atoms with Crippen LogP contribution in [0, 0.1) is 0 Å². The number of aromatic nitrogens is 3. The van der Waals surface area contributed by atoms with Gasteiger partial charge in [-0.25, -0.2) is 0 Å². The molecule has 0 bridgehead atoms. The van der Waals surface area contributed by atoms with Crippen LogP contribution < -0.4 is 0 Å². The Balaban J connectivity index is 0.000000132. The van der Waals surface area contributed by atoms with Crippen molar-refractivity contribution in [2.24, 2.45) is 0 Å². The zero-order chi connectivity index (χ0) is 9.52. The van der Waals surface area contributed by atoms with Gasteiger partial charge in [0.25, 0.3) is 0 Å². The van der Waals surface area contributed by atoms with E-state index in [4.69, 9.17) is 0 Å². The summed E-state index contributed by atoms with van der Waals surface area (Å²) in [5.74, 6) is -0.181. The Labute approximate surface area is 75.8 Å². The molecule has 13 heavy (non-hydrogen) atoms. The third kappa shape index (κ3) is 3.55. The van der Waals surface area contributed by atoms with E-state index in [0.29, 0.717) is 13.7 Å². The van der Waals surface area contributed by atoms with Crippen LogP contribution in [0.15, 0.2) is 18.5 Å². The topological polar surface area (TPSA) is 72.8 Å². The zero-order valence-electron chi connectivity index (χ0n) is 7.01. The summed E-state index contributed by atoms with van der Waals surface area (Å²) in [7, 11) is 0.485. The van der Waals surface area contributed by atoms with Crippen LogP contribution in [-0.2, 0) is 9.59 Å². The molecule has 1 aromatic heterocycles. The molecule has 0 unspecified atom stereocenters. The predicted octanol–water partition coefficient (Wildman–Crippen LogP) is -0.788. The summed E-state index contributed by atoms with van der Waals surface area (Å²) < 4.78 is 0. The Hall–Kier alpha value is -1.59. The molecule has 0 radical (unpaired) electrons. The van der Waals surface area contributed by atoms with Crippen molar-refractivity contribution in [2.45, 2.75) is 12.7 Å². The van der Waals surface area contributed by atoms with E-state index in [-0.39, 0.29) is 11.5 Å². The van der Waals surface area contributed by atoms with Crippen molar-refractivity contribution in [3.05, 3.63) is 18.5 Å². The molecule has 2 heterocycles. The lowest BCUT2D eigenvalue weighted by Gasteiger charge is -1.73. The minimum Gasteiger partial charge on any atom is -0.303 e. The maximum Gasteiger partial charge on any atom is 0.216 e. The van der Waals surface area contributed by atoms with E-state index in [0.717, 1.165) is 6.32 Å². The minimum absolute atomic E-state index is 0.181. The van der Waals surface area contributed by atoms with E-state index in [9.17, 15) is 9.59 Å². The van der Waals surface area contributed by atoms with Crippen LogP contribution in [0.25, 0.3) is 0 Å². The Morgan fingerprint density at radius 1 is 1.23 bits per heavy atom. The maximum atomic E-state index is 10.2. The van der Waals surface area contributed by atoms with Crippen LogP contribution in [0.2, 0.25) is 6.32 Å². The first kappa shape index (κ1) is 9.50. The number of ketones is 1. The molecular formula is C7H8BN3O2. The molecule has 0 atom stereocenters. The second-order valence-electron chi connectivity index (χ2n) is 2.51. The highest BCUT2D eigenvalue weighted by molar-refractivity contribution is 6.91. The highest BCUT2D eigenvalue weighted by Crippen LogP contribution is 2.00. The summed E-state index contributed by atoms with van der Waals surface area (Å²) in [4.78, 5) is 20.4. The summed E-state index contributed by atoms with van der Waals surface area (Å²) in [6.07, 6.45) is 4.41. The highest BCUT2D eigenvalue weighted by atomic mass is 16.2. The number of hydrogen-bond donors (Lipinski definition) is 0. The van der Waals surface area contributed by atoms with Gasteiger partial charge in [0.05, 0.1) is 12.4 Å². The van der Waals surface area contributed by atoms with Crippen LogP contribution in [0.5, 0.6) is 0 Å². The Kier molecular flexibility index (Phi) is 3.75. The van der Waals surface area contributed by atoms with E-state index in [1.54, 1.807) is 18.5 Å². The first-order valence-electron chi connectivity index (χ1n) is 3.95. The molecule has 2 rings (SSSR count). The van der Waals surface area contributed by atoms with E-state index < -0.39 is 0 Å². The fraction of sp³-hybridized carbons (Fsp3) is 0.286. The molecular weight excluding hydrogens is 169 g/mol. The number of carbonyl (C=O) groups is 2. The molecule has 0 aromatic carbocycles. The van der Waals surface area contributed by atoms with Gasteiger partial charge in [0.15, 0.2) is 11.5 Å². The average Bonchev–Trinajstić information content (AvgIpc) is 2.55. The van der Waals surface area contributed by atoms with Gasteiger partial charge in [0, 0.05) is 6.42 Å². The van der Waals surface area contributed by atoms with Crippen molar-refractivity contribution in [3.63, 3.8) is 0 Å². The first-order chi connectivity index (χ1) is 6.30. The lowest BCUT2D eigenvalue weighted by Crippen LogP contribution is -2.08. The summed E-state index contributed by atoms with van der Waals surface area (Å²) in [6.45, 7) is 0. The zero-order valence-corrected chi connectivity index (χ0v) is 7.01. The Bertz CT molecular complexity index is 250. The van der Waals surface area contributed by atoms with Gasteiger partial charge in [-0.1, -0.05) is 6.32 Å². The number of Topliss-reactive ketones (excluding diaryl/α,β-unsaturated/α-hetero) is 1. The summed E-state index contributed by atoms with van der Waals surface area (Å²) in [5, 5.41) is 10.1. The van der Waals surface area contributed by atoms with Gasteiger partial charge < -0.3 is 4.79 Å². The van der Waals surface area contributed by atoms with Crippen LogP contribution in [0.4, 0.5) is 0 Å². The fourth-order valence-electron chi connectivity index (χ4n) is 0.893. The third-order valence-corrected chi connectivity index (χ3v) is 1.53. The summed E-state index contributed by atoms with van der Waals surface area (Å²) in [5.41, 5.74) is -0.181. The van der Waals surface area contributed by atoms with Crippen LogP contribution in [0.3, 0.4) is 0 Å². The van der Waals surface area contributed by atoms with Gasteiger partial charge in [-0.3, -0.25) is 4.79 Å². The van der Waals surface area contributed by atoms with Crippen LogP contribution in [-0.4, -0.2) is 34.2 Å². The average molecular weight is 177 g/mol. The smallest absolute Gasteiger partial charge is 0.216 e. The number of carbonyl (C=O) groups excluding carboxylic acids is 2. The maximum absolute atomic E-state index is 10.2. The van der Waals surface area contributed by atoms with Crippen molar-refractivity contribution in [1.29, 1.82) is 0 Å². The molecule has 0 saturated carbocycles. The third-order valence-electron chi connectivity index (χ3n) is 1.53. The second kappa shape index (κ2) is 5.13. The molecule has 1 aliphatic heterocycles. The quantitative estimate of drug-likeness (QED) is 0.383. The Morgan fingerprint density at radius 2 is 1.92 bits per heavy atom. The Morgan fingerprint density at radius 3 is 2.08 bits per heavy atom. The van der Waals surface area contributed by atoms with Crippen molar-refractivity contribution < 1.29 is 9.59 Å². The van der Waals surface area contributed by atoms with E-state index in [1.807, 2.05) is 0 Å². The van der Waals surface area contributed by atoms with E-state index >= 15 is 0 Å². The standard InChI is InChI=1S/C4H5BO2.C3H3N3/c6-3-1-2-5-4(3)7;1-2-4-6-5-3-1/h5H,1-2H2;1-3H. The lowest BCUT2D eigenvalue weighted by atomic mass is 9.76. The number of hydrogen-bond acceptors (Lipinski definition) is 5. The van der Waals surface area contributed by atoms with Gasteiger partial charge in [0.2, 0.25) is 7.28 Å². The molecule has 0 amide bonds. The van der Waals surface area contributed by atoms with E-state index in [2.05, 4.69) is 15.4 Å². The predicted molar refractivity (Wildman–Crippen MR) is 46.4 cm³/mol. The van der Waals surface area contributed by atoms with Gasteiger partial charge in [-0.15, -0.1) is 10.2 Å². The van der Waals surface area contributed by atoms with Crippen molar-refractivity contribution in [2.75, 3.05) is 0 Å². The normalized spacial score (nSPS) is 14.5. The minimum atomic E-state index is -0.181. The molecule has 0 aliphatic carbocycles. The molecule has 1 fully saturated rings. The fourth-order valence-corrected chi connectivity index (χ4v) is 0.893. The largest absolute Gasteiger partial charge is 0.303 e. The first-order valence-corrected chi connectivity index (χ1v) is 3.95. The van der Waals surface area contributed by atoms with Crippen molar-refractivity contribution in [3.8, 4) is 0 Å². The molecule has 1 aromatic rings. The van der Waals surface area contributed by atoms with Crippen LogP contribution in [0.1, 0.15) is 6.42 Å². The molecule has 5 nitrogen and oxygen atoms in total. The van der Waals surface area contributed by atoms with Gasteiger partial charge in [-0.05, 0) is 11.3 Å². The highest BCUT2D eigenvalue weighted by Gasteiger charge is 2.20. The molecule has 1 aliphatic rings. The van der Waals surface area contributed by atoms with Crippen molar-refractivity contribution in [1.82, 2.24) is 15.4 Å². The van der Waals surface area contributed by atoms with Gasteiger partial charge in [0.1, 0.15) is 0 Å². The van der Waals surface area contributed by atoms with Crippen LogP contribution >= 0.6 is 0 Å². The summed E-state index contributed by atoms with van der Waals surface area (Å²) >= 11 is 0. The lowest BCUT2D eigenvalue weighted by molar-refractivity contribution is -0.131. The van der Waals surface area contributed by atoms with E-state index in [1.165, 1.54) is 0 Å².